The minimum Gasteiger partial charge on any atom is -0.480 e. The molecular formula is C6H6N2O5. The molecule has 13 heavy (non-hydrogen) atoms. The van der Waals surface area contributed by atoms with Crippen LogP contribution >= 0.6 is 0 Å². The Morgan fingerprint density at radius 3 is 2.54 bits per heavy atom. The summed E-state index contributed by atoms with van der Waals surface area (Å²) in [5.74, 6) is -2.80. The van der Waals surface area contributed by atoms with Crippen molar-refractivity contribution < 1.29 is 24.3 Å². The number of nitrogens with zero attached hydrogens (tertiary/aromatic N) is 1. The number of carboxylic acids is 2. The number of rotatable bonds is 3. The van der Waals surface area contributed by atoms with Crippen LogP contribution in [0.5, 0.6) is 0 Å². The lowest BCUT2D eigenvalue weighted by molar-refractivity contribution is -0.139. The average Bonchev–Trinajstić information content (AvgIpc) is 2.50. The van der Waals surface area contributed by atoms with Crippen molar-refractivity contribution >= 4 is 11.9 Å². The van der Waals surface area contributed by atoms with Crippen LogP contribution in [0.4, 0.5) is 0 Å². The monoisotopic (exact) mass is 186 g/mol. The number of aromatic carboxylic acids is 1. The maximum absolute atomic E-state index is 10.3. The molecule has 7 nitrogen and oxygen atoms in total. The molecule has 0 aromatic carbocycles. The molecule has 1 heterocycles. The zero-order valence-corrected chi connectivity index (χ0v) is 6.30. The Hall–Kier alpha value is -1.89. The summed E-state index contributed by atoms with van der Waals surface area (Å²) >= 11 is 0. The summed E-state index contributed by atoms with van der Waals surface area (Å²) in [6.07, 6.45) is 0. The summed E-state index contributed by atoms with van der Waals surface area (Å²) in [5, 5.41) is 19.9. The molecule has 1 atom stereocenters. The van der Waals surface area contributed by atoms with E-state index in [0.717, 1.165) is 6.07 Å². The second-order valence-electron chi connectivity index (χ2n) is 2.24. The Balaban J connectivity index is 2.91. The van der Waals surface area contributed by atoms with Crippen LogP contribution < -0.4 is 5.73 Å². The fraction of sp³-hybridized carbons (Fsp3) is 0.167. The summed E-state index contributed by atoms with van der Waals surface area (Å²) in [5.41, 5.74) is 4.76. The SMILES string of the molecule is NC(C(=O)O)c1cc(C(=O)O)no1. The van der Waals surface area contributed by atoms with Crippen LogP contribution in [0, 0.1) is 0 Å². The van der Waals surface area contributed by atoms with E-state index in [4.69, 9.17) is 15.9 Å². The number of hydrogen-bond acceptors (Lipinski definition) is 5. The number of aromatic nitrogens is 1. The first-order chi connectivity index (χ1) is 6.02. The Kier molecular flexibility index (Phi) is 2.29. The zero-order chi connectivity index (χ0) is 10.0. The molecular weight excluding hydrogens is 180 g/mol. The van der Waals surface area contributed by atoms with E-state index in [2.05, 4.69) is 9.68 Å². The van der Waals surface area contributed by atoms with Crippen molar-refractivity contribution in [3.8, 4) is 0 Å². The lowest BCUT2D eigenvalue weighted by Crippen LogP contribution is -2.19. The number of aliphatic carboxylic acids is 1. The number of carbonyl (C=O) groups is 2. The van der Waals surface area contributed by atoms with Gasteiger partial charge in [-0.3, -0.25) is 4.79 Å². The molecule has 1 unspecified atom stereocenters. The van der Waals surface area contributed by atoms with Crippen LogP contribution in [0.3, 0.4) is 0 Å². The summed E-state index contributed by atoms with van der Waals surface area (Å²) in [6.45, 7) is 0. The summed E-state index contributed by atoms with van der Waals surface area (Å²) in [4.78, 5) is 20.6. The van der Waals surface area contributed by atoms with Crippen molar-refractivity contribution in [3.05, 3.63) is 17.5 Å². The van der Waals surface area contributed by atoms with E-state index in [1.54, 1.807) is 0 Å². The first-order valence-corrected chi connectivity index (χ1v) is 3.20. The van der Waals surface area contributed by atoms with Crippen LogP contribution in [-0.2, 0) is 4.79 Å². The van der Waals surface area contributed by atoms with Gasteiger partial charge in [0.05, 0.1) is 0 Å². The molecule has 7 heteroatoms. The quantitative estimate of drug-likeness (QED) is 0.578. The minimum absolute atomic E-state index is 0.190. The molecule has 0 amide bonds. The third-order valence-electron chi connectivity index (χ3n) is 1.32. The zero-order valence-electron chi connectivity index (χ0n) is 6.30. The van der Waals surface area contributed by atoms with E-state index in [-0.39, 0.29) is 11.5 Å². The second kappa shape index (κ2) is 3.23. The van der Waals surface area contributed by atoms with E-state index in [1.807, 2.05) is 0 Å². The molecule has 0 fully saturated rings. The molecule has 0 saturated carbocycles. The highest BCUT2D eigenvalue weighted by molar-refractivity contribution is 5.85. The fourth-order valence-corrected chi connectivity index (χ4v) is 0.658. The first-order valence-electron chi connectivity index (χ1n) is 3.20. The van der Waals surface area contributed by atoms with E-state index < -0.39 is 18.0 Å². The highest BCUT2D eigenvalue weighted by Gasteiger charge is 2.21. The van der Waals surface area contributed by atoms with Crippen molar-refractivity contribution in [1.29, 1.82) is 0 Å². The van der Waals surface area contributed by atoms with Crippen molar-refractivity contribution in [2.24, 2.45) is 5.73 Å². The van der Waals surface area contributed by atoms with Gasteiger partial charge in [0.1, 0.15) is 0 Å². The van der Waals surface area contributed by atoms with Crippen molar-refractivity contribution in [3.63, 3.8) is 0 Å². The highest BCUT2D eigenvalue weighted by atomic mass is 16.5. The van der Waals surface area contributed by atoms with Crippen LogP contribution in [0.2, 0.25) is 0 Å². The van der Waals surface area contributed by atoms with Crippen molar-refractivity contribution in [1.82, 2.24) is 5.16 Å². The van der Waals surface area contributed by atoms with Crippen LogP contribution in [0.1, 0.15) is 22.3 Å². The van der Waals surface area contributed by atoms with E-state index in [1.165, 1.54) is 0 Å². The smallest absolute Gasteiger partial charge is 0.358 e. The molecule has 0 spiro atoms. The van der Waals surface area contributed by atoms with Crippen LogP contribution in [0.15, 0.2) is 10.6 Å². The lowest BCUT2D eigenvalue weighted by atomic mass is 10.2. The van der Waals surface area contributed by atoms with Gasteiger partial charge < -0.3 is 20.5 Å². The molecule has 0 aliphatic heterocycles. The summed E-state index contributed by atoms with van der Waals surface area (Å²) in [7, 11) is 0. The van der Waals surface area contributed by atoms with Gasteiger partial charge in [-0.2, -0.15) is 0 Å². The molecule has 1 aromatic rings. The minimum atomic E-state index is -1.39. The number of hydrogen-bond donors (Lipinski definition) is 3. The van der Waals surface area contributed by atoms with Crippen LogP contribution in [-0.4, -0.2) is 27.3 Å². The predicted molar refractivity (Wildman–Crippen MR) is 38.0 cm³/mol. The van der Waals surface area contributed by atoms with Gasteiger partial charge in [0, 0.05) is 6.07 Å². The molecule has 0 saturated heterocycles. The summed E-state index contributed by atoms with van der Waals surface area (Å²) in [6, 6.07) is -0.415. The molecule has 0 aliphatic carbocycles. The van der Waals surface area contributed by atoms with E-state index in [0.29, 0.717) is 0 Å². The standard InChI is InChI=1S/C6H6N2O5/c7-4(6(11)12)3-1-2(5(9)10)8-13-3/h1,4H,7H2,(H,9,10)(H,11,12). The molecule has 0 radical (unpaired) electrons. The van der Waals surface area contributed by atoms with Gasteiger partial charge in [-0.05, 0) is 0 Å². The Morgan fingerprint density at radius 2 is 2.15 bits per heavy atom. The Morgan fingerprint density at radius 1 is 1.54 bits per heavy atom. The molecule has 1 aromatic heterocycles. The van der Waals surface area contributed by atoms with Crippen molar-refractivity contribution in [2.75, 3.05) is 0 Å². The molecule has 1 rings (SSSR count). The van der Waals surface area contributed by atoms with Gasteiger partial charge in [0.25, 0.3) is 0 Å². The van der Waals surface area contributed by atoms with E-state index >= 15 is 0 Å². The normalized spacial score (nSPS) is 12.4. The van der Waals surface area contributed by atoms with Gasteiger partial charge in [-0.15, -0.1) is 0 Å². The van der Waals surface area contributed by atoms with Gasteiger partial charge in [0.2, 0.25) is 0 Å². The van der Waals surface area contributed by atoms with Crippen LogP contribution in [0.25, 0.3) is 0 Å². The largest absolute Gasteiger partial charge is 0.480 e. The Labute approximate surface area is 71.7 Å². The molecule has 4 N–H and O–H groups in total. The first kappa shape index (κ1) is 9.20. The molecule has 0 aliphatic rings. The van der Waals surface area contributed by atoms with E-state index in [9.17, 15) is 9.59 Å². The second-order valence-corrected chi connectivity index (χ2v) is 2.24. The van der Waals surface area contributed by atoms with Gasteiger partial charge in [-0.1, -0.05) is 5.16 Å². The number of carboxylic acid groups (broad SMARTS) is 2. The predicted octanol–water partition coefficient (Wildman–Crippen LogP) is -0.543. The maximum Gasteiger partial charge on any atom is 0.358 e. The summed E-state index contributed by atoms with van der Waals surface area (Å²) < 4.78 is 4.41. The topological polar surface area (TPSA) is 127 Å². The third-order valence-corrected chi connectivity index (χ3v) is 1.32. The highest BCUT2D eigenvalue weighted by Crippen LogP contribution is 2.11. The average molecular weight is 186 g/mol. The number of nitrogens with two attached hydrogens (primary N) is 1. The third kappa shape index (κ3) is 1.82. The van der Waals surface area contributed by atoms with Gasteiger partial charge in [-0.25, -0.2) is 4.79 Å². The molecule has 0 bridgehead atoms. The van der Waals surface area contributed by atoms with Gasteiger partial charge >= 0.3 is 11.9 Å². The Bertz CT molecular complexity index is 345. The van der Waals surface area contributed by atoms with Gasteiger partial charge in [0.15, 0.2) is 17.5 Å². The molecule has 70 valence electrons. The maximum atomic E-state index is 10.3. The van der Waals surface area contributed by atoms with Crippen molar-refractivity contribution in [2.45, 2.75) is 6.04 Å². The fourth-order valence-electron chi connectivity index (χ4n) is 0.658. The lowest BCUT2D eigenvalue weighted by Gasteiger charge is -1.97.